The van der Waals surface area contributed by atoms with Crippen molar-refractivity contribution in [3.63, 3.8) is 0 Å². The van der Waals surface area contributed by atoms with Crippen molar-refractivity contribution in [3.8, 4) is 5.75 Å². The van der Waals surface area contributed by atoms with E-state index < -0.39 is 5.91 Å². The number of carbonyl (C=O) groups excluding carboxylic acids is 2. The molecule has 1 aromatic heterocycles. The van der Waals surface area contributed by atoms with E-state index in [2.05, 4.69) is 10.6 Å². The van der Waals surface area contributed by atoms with Crippen molar-refractivity contribution < 1.29 is 18.7 Å². The number of aryl methyl sites for hydroxylation is 3. The van der Waals surface area contributed by atoms with E-state index in [1.165, 1.54) is 0 Å². The van der Waals surface area contributed by atoms with Crippen LogP contribution in [-0.4, -0.2) is 18.4 Å². The highest BCUT2D eigenvalue weighted by molar-refractivity contribution is 6.02. The Labute approximate surface area is 192 Å². The first-order valence-corrected chi connectivity index (χ1v) is 10.8. The van der Waals surface area contributed by atoms with Gasteiger partial charge in [0.05, 0.1) is 6.54 Å². The number of rotatable bonds is 7. The predicted octanol–water partition coefficient (Wildman–Crippen LogP) is 5.31. The third-order valence-corrected chi connectivity index (χ3v) is 5.38. The molecule has 0 bridgehead atoms. The van der Waals surface area contributed by atoms with Gasteiger partial charge >= 0.3 is 0 Å². The normalized spacial score (nSPS) is 10.8. The maximum Gasteiger partial charge on any atom is 0.287 e. The fraction of sp³-hybridized carbons (Fsp3) is 0.185. The van der Waals surface area contributed by atoms with E-state index in [1.54, 1.807) is 6.07 Å². The molecule has 0 radical (unpaired) electrons. The maximum absolute atomic E-state index is 12.9. The van der Waals surface area contributed by atoms with Crippen LogP contribution in [0.4, 0.5) is 5.69 Å². The molecule has 2 N–H and O–H groups in total. The molecule has 3 aromatic carbocycles. The fourth-order valence-corrected chi connectivity index (χ4v) is 3.90. The summed E-state index contributed by atoms with van der Waals surface area (Å²) in [6.45, 7) is 5.89. The summed E-state index contributed by atoms with van der Waals surface area (Å²) in [7, 11) is 0. The summed E-state index contributed by atoms with van der Waals surface area (Å²) in [6.07, 6.45) is 0. The van der Waals surface area contributed by atoms with E-state index in [-0.39, 0.29) is 24.8 Å². The van der Waals surface area contributed by atoms with Crippen molar-refractivity contribution in [2.75, 3.05) is 11.9 Å². The van der Waals surface area contributed by atoms with Crippen molar-refractivity contribution in [3.05, 3.63) is 94.7 Å². The van der Waals surface area contributed by atoms with Gasteiger partial charge < -0.3 is 19.8 Å². The van der Waals surface area contributed by atoms with Gasteiger partial charge in [-0.2, -0.15) is 0 Å². The van der Waals surface area contributed by atoms with Gasteiger partial charge in [-0.1, -0.05) is 54.1 Å². The molecular formula is C27H26N2O4. The topological polar surface area (TPSA) is 80.6 Å². The SMILES string of the molecule is Cc1cc(C)c(NC(=O)CNC(=O)c2oc3ccccc3c2COc2ccccc2)c(C)c1. The first-order valence-electron chi connectivity index (χ1n) is 10.8. The minimum atomic E-state index is -0.467. The molecule has 33 heavy (non-hydrogen) atoms. The molecule has 4 rings (SSSR count). The van der Waals surface area contributed by atoms with E-state index >= 15 is 0 Å². The Balaban J connectivity index is 1.48. The molecule has 0 saturated carbocycles. The summed E-state index contributed by atoms with van der Waals surface area (Å²) in [5.41, 5.74) is 5.07. The number of hydrogen-bond donors (Lipinski definition) is 2. The average molecular weight is 443 g/mol. The number of nitrogens with one attached hydrogen (secondary N) is 2. The number of anilines is 1. The van der Waals surface area contributed by atoms with Crippen LogP contribution in [0.2, 0.25) is 0 Å². The quantitative estimate of drug-likeness (QED) is 0.407. The maximum atomic E-state index is 12.9. The summed E-state index contributed by atoms with van der Waals surface area (Å²) in [5.74, 6) is 0.0574. The second kappa shape index (κ2) is 9.61. The number of fused-ring (bicyclic) bond motifs is 1. The van der Waals surface area contributed by atoms with E-state index in [0.717, 1.165) is 27.8 Å². The van der Waals surface area contributed by atoms with Gasteiger partial charge in [-0.05, 0) is 50.1 Å². The molecule has 6 heteroatoms. The third-order valence-electron chi connectivity index (χ3n) is 5.38. The Bertz CT molecular complexity index is 1290. The van der Waals surface area contributed by atoms with Crippen molar-refractivity contribution in [1.82, 2.24) is 5.32 Å². The lowest BCUT2D eigenvalue weighted by Crippen LogP contribution is -2.33. The average Bonchev–Trinajstić information content (AvgIpc) is 3.18. The van der Waals surface area contributed by atoms with Crippen molar-refractivity contribution >= 4 is 28.5 Å². The number of amides is 2. The molecule has 0 fully saturated rings. The van der Waals surface area contributed by atoms with Gasteiger partial charge in [-0.15, -0.1) is 0 Å². The first kappa shape index (κ1) is 22.1. The molecule has 0 atom stereocenters. The Kier molecular flexibility index (Phi) is 6.45. The van der Waals surface area contributed by atoms with Crippen LogP contribution in [-0.2, 0) is 11.4 Å². The molecule has 4 aromatic rings. The summed E-state index contributed by atoms with van der Waals surface area (Å²) in [5, 5.41) is 6.36. The van der Waals surface area contributed by atoms with Crippen LogP contribution >= 0.6 is 0 Å². The lowest BCUT2D eigenvalue weighted by atomic mass is 10.1. The molecule has 168 valence electrons. The molecular weight excluding hydrogens is 416 g/mol. The van der Waals surface area contributed by atoms with Gasteiger partial charge in [0.2, 0.25) is 5.91 Å². The smallest absolute Gasteiger partial charge is 0.287 e. The Morgan fingerprint density at radius 1 is 0.909 bits per heavy atom. The van der Waals surface area contributed by atoms with Gasteiger partial charge in [0.15, 0.2) is 5.76 Å². The fourth-order valence-electron chi connectivity index (χ4n) is 3.90. The Morgan fingerprint density at radius 2 is 1.58 bits per heavy atom. The van der Waals surface area contributed by atoms with Crippen LogP contribution in [0.15, 0.2) is 71.1 Å². The summed E-state index contributed by atoms with van der Waals surface area (Å²) in [4.78, 5) is 25.5. The molecule has 6 nitrogen and oxygen atoms in total. The number of ether oxygens (including phenoxy) is 1. The van der Waals surface area contributed by atoms with E-state index in [4.69, 9.17) is 9.15 Å². The monoisotopic (exact) mass is 442 g/mol. The summed E-state index contributed by atoms with van der Waals surface area (Å²) >= 11 is 0. The predicted molar refractivity (Wildman–Crippen MR) is 129 cm³/mol. The molecule has 2 amide bonds. The van der Waals surface area contributed by atoms with E-state index in [9.17, 15) is 9.59 Å². The first-order chi connectivity index (χ1) is 15.9. The van der Waals surface area contributed by atoms with Crippen LogP contribution in [0.5, 0.6) is 5.75 Å². The Morgan fingerprint density at radius 3 is 2.30 bits per heavy atom. The van der Waals surface area contributed by atoms with Gasteiger partial charge in [0, 0.05) is 16.6 Å². The van der Waals surface area contributed by atoms with Crippen molar-refractivity contribution in [2.45, 2.75) is 27.4 Å². The number of carbonyl (C=O) groups is 2. The van der Waals surface area contributed by atoms with Crippen LogP contribution < -0.4 is 15.4 Å². The van der Waals surface area contributed by atoms with Crippen LogP contribution in [0.1, 0.15) is 32.8 Å². The lowest BCUT2D eigenvalue weighted by molar-refractivity contribution is -0.115. The minimum Gasteiger partial charge on any atom is -0.489 e. The number of benzene rings is 3. The second-order valence-corrected chi connectivity index (χ2v) is 8.01. The van der Waals surface area contributed by atoms with Crippen LogP contribution in [0.3, 0.4) is 0 Å². The number of furan rings is 1. The van der Waals surface area contributed by atoms with E-state index in [1.807, 2.05) is 81.4 Å². The largest absolute Gasteiger partial charge is 0.489 e. The molecule has 0 aliphatic heterocycles. The zero-order valence-electron chi connectivity index (χ0n) is 18.9. The Hall–Kier alpha value is -4.06. The second-order valence-electron chi connectivity index (χ2n) is 8.01. The number of para-hydroxylation sites is 2. The molecule has 0 unspecified atom stereocenters. The van der Waals surface area contributed by atoms with Gasteiger partial charge in [-0.25, -0.2) is 0 Å². The molecule has 1 heterocycles. The van der Waals surface area contributed by atoms with Gasteiger partial charge in [0.1, 0.15) is 17.9 Å². The highest BCUT2D eigenvalue weighted by atomic mass is 16.5. The van der Waals surface area contributed by atoms with Gasteiger partial charge in [0.25, 0.3) is 5.91 Å². The molecule has 0 aliphatic carbocycles. The van der Waals surface area contributed by atoms with Crippen molar-refractivity contribution in [1.29, 1.82) is 0 Å². The highest BCUT2D eigenvalue weighted by Gasteiger charge is 2.21. The van der Waals surface area contributed by atoms with Crippen LogP contribution in [0.25, 0.3) is 11.0 Å². The third kappa shape index (κ3) is 5.06. The van der Waals surface area contributed by atoms with Crippen LogP contribution in [0, 0.1) is 20.8 Å². The standard InChI is InChI=1S/C27H26N2O4/c1-17-13-18(2)25(19(3)14-17)29-24(30)15-28-27(31)26-22(16-32-20-9-5-4-6-10-20)21-11-7-8-12-23(21)33-26/h4-14H,15-16H2,1-3H3,(H,28,31)(H,29,30). The summed E-state index contributed by atoms with van der Waals surface area (Å²) < 4.78 is 11.7. The number of hydrogen-bond acceptors (Lipinski definition) is 4. The molecule has 0 saturated heterocycles. The van der Waals surface area contributed by atoms with Gasteiger partial charge in [-0.3, -0.25) is 9.59 Å². The minimum absolute atomic E-state index is 0.141. The lowest BCUT2D eigenvalue weighted by Gasteiger charge is -2.13. The zero-order valence-corrected chi connectivity index (χ0v) is 18.9. The zero-order chi connectivity index (χ0) is 23.4. The molecule has 0 aliphatic rings. The molecule has 0 spiro atoms. The summed E-state index contributed by atoms with van der Waals surface area (Å²) in [6, 6.07) is 20.8. The van der Waals surface area contributed by atoms with E-state index in [0.29, 0.717) is 16.9 Å². The highest BCUT2D eigenvalue weighted by Crippen LogP contribution is 2.27. The van der Waals surface area contributed by atoms with Crippen molar-refractivity contribution in [2.24, 2.45) is 0 Å².